The lowest BCUT2D eigenvalue weighted by molar-refractivity contribution is 0.510. The van der Waals surface area contributed by atoms with Gasteiger partial charge in [0.15, 0.2) is 0 Å². The molecule has 22 heavy (non-hydrogen) atoms. The summed E-state index contributed by atoms with van der Waals surface area (Å²) in [5.41, 5.74) is 8.96. The van der Waals surface area contributed by atoms with Crippen molar-refractivity contribution in [2.45, 2.75) is 6.54 Å². The summed E-state index contributed by atoms with van der Waals surface area (Å²) in [4.78, 5) is 7.41. The summed E-state index contributed by atoms with van der Waals surface area (Å²) in [6, 6.07) is 7.85. The summed E-state index contributed by atoms with van der Waals surface area (Å²) >= 11 is 0. The molecule has 3 N–H and O–H groups in total. The van der Waals surface area contributed by atoms with Crippen LogP contribution in [0.5, 0.6) is 0 Å². The van der Waals surface area contributed by atoms with Crippen LogP contribution >= 0.6 is 0 Å². The first-order chi connectivity index (χ1) is 10.4. The smallest absolute Gasteiger partial charge is 0.308 e. The van der Waals surface area contributed by atoms with Crippen LogP contribution in [0.1, 0.15) is 5.56 Å². The monoisotopic (exact) mass is 319 g/mol. The van der Waals surface area contributed by atoms with Crippen molar-refractivity contribution in [2.24, 2.45) is 5.73 Å². The van der Waals surface area contributed by atoms with E-state index in [-0.39, 0.29) is 0 Å². The zero-order valence-corrected chi connectivity index (χ0v) is 13.1. The van der Waals surface area contributed by atoms with E-state index in [0.717, 1.165) is 30.4 Å². The number of fused-ring (bicyclic) bond motifs is 1. The fourth-order valence-electron chi connectivity index (χ4n) is 2.21. The minimum atomic E-state index is -3.55. The molecule has 0 radical (unpaired) electrons. The first-order valence-electron chi connectivity index (χ1n) is 6.71. The quantitative estimate of drug-likeness (QED) is 0.753. The van der Waals surface area contributed by atoms with Crippen molar-refractivity contribution in [2.75, 3.05) is 14.1 Å². The predicted octanol–water partition coefficient (Wildman–Crippen LogP) is 1.14. The molecule has 0 fully saturated rings. The van der Waals surface area contributed by atoms with Crippen LogP contribution in [0.4, 0.5) is 0 Å². The van der Waals surface area contributed by atoms with Crippen molar-refractivity contribution in [1.29, 1.82) is 0 Å². The molecule has 0 saturated carbocycles. The van der Waals surface area contributed by atoms with E-state index in [1.165, 1.54) is 26.6 Å². The second-order valence-electron chi connectivity index (χ2n) is 5.19. The van der Waals surface area contributed by atoms with E-state index >= 15 is 0 Å². The summed E-state index contributed by atoms with van der Waals surface area (Å²) in [7, 11) is -0.591. The van der Waals surface area contributed by atoms with E-state index in [1.807, 2.05) is 24.3 Å². The molecular formula is C14H17N5O2S. The Morgan fingerprint density at radius 3 is 2.77 bits per heavy atom. The predicted molar refractivity (Wildman–Crippen MR) is 85.4 cm³/mol. The number of imidazole rings is 1. The van der Waals surface area contributed by atoms with Crippen molar-refractivity contribution in [3.8, 4) is 11.4 Å². The Morgan fingerprint density at radius 2 is 2.09 bits per heavy atom. The molecule has 3 aromatic rings. The number of nitrogens with one attached hydrogen (secondary N) is 1. The molecule has 0 saturated heterocycles. The second-order valence-corrected chi connectivity index (χ2v) is 7.24. The zero-order chi connectivity index (χ0) is 15.9. The second kappa shape index (κ2) is 5.24. The fraction of sp³-hybridized carbons (Fsp3) is 0.214. The van der Waals surface area contributed by atoms with Crippen molar-refractivity contribution in [1.82, 2.24) is 18.2 Å². The molecule has 8 heteroatoms. The molecule has 2 heterocycles. The van der Waals surface area contributed by atoms with Gasteiger partial charge in [0.05, 0.1) is 11.9 Å². The van der Waals surface area contributed by atoms with Gasteiger partial charge in [-0.25, -0.2) is 8.96 Å². The van der Waals surface area contributed by atoms with Crippen molar-refractivity contribution >= 4 is 21.1 Å². The number of aromatic nitrogens is 3. The molecule has 0 amide bonds. The molecule has 3 rings (SSSR count). The summed E-state index contributed by atoms with van der Waals surface area (Å²) in [5.74, 6) is 0. The normalized spacial score (nSPS) is 12.4. The van der Waals surface area contributed by atoms with Crippen LogP contribution < -0.4 is 5.73 Å². The third kappa shape index (κ3) is 2.41. The van der Waals surface area contributed by atoms with Crippen molar-refractivity contribution < 1.29 is 8.42 Å². The third-order valence-electron chi connectivity index (χ3n) is 3.48. The van der Waals surface area contributed by atoms with Crippen LogP contribution in [0.15, 0.2) is 36.8 Å². The molecule has 0 atom stereocenters. The van der Waals surface area contributed by atoms with Crippen LogP contribution in [-0.2, 0) is 16.8 Å². The molecule has 7 nitrogen and oxygen atoms in total. The first kappa shape index (κ1) is 14.8. The fourth-order valence-corrected chi connectivity index (χ4v) is 2.98. The average Bonchev–Trinajstić information content (AvgIpc) is 3.12. The number of hydrogen-bond donors (Lipinski definition) is 2. The third-order valence-corrected chi connectivity index (χ3v) is 5.14. The number of nitrogens with zero attached hydrogens (tertiary/aromatic N) is 3. The van der Waals surface area contributed by atoms with Gasteiger partial charge in [-0.1, -0.05) is 6.07 Å². The van der Waals surface area contributed by atoms with Crippen LogP contribution in [0, 0.1) is 0 Å². The number of H-pyrrole nitrogens is 1. The first-order valence-corrected chi connectivity index (χ1v) is 8.10. The standard InChI is InChI=1S/C14H17N5O2S/c1-18(2)22(20,21)19-8-14(16-9-19)13-6-11-5-10(7-15)3-4-12(11)17-13/h3-6,8-9,17H,7,15H2,1-2H3. The lowest BCUT2D eigenvalue weighted by Crippen LogP contribution is -2.27. The lowest BCUT2D eigenvalue weighted by atomic mass is 10.1. The highest BCUT2D eigenvalue weighted by atomic mass is 32.2. The lowest BCUT2D eigenvalue weighted by Gasteiger charge is -2.10. The van der Waals surface area contributed by atoms with Gasteiger partial charge in [-0.2, -0.15) is 12.7 Å². The highest BCUT2D eigenvalue weighted by Gasteiger charge is 2.17. The van der Waals surface area contributed by atoms with Crippen LogP contribution in [0.25, 0.3) is 22.3 Å². The molecule has 0 unspecified atom stereocenters. The van der Waals surface area contributed by atoms with Crippen LogP contribution in [0.3, 0.4) is 0 Å². The maximum Gasteiger partial charge on any atom is 0.308 e. The van der Waals surface area contributed by atoms with Crippen molar-refractivity contribution in [3.63, 3.8) is 0 Å². The topological polar surface area (TPSA) is 97.0 Å². The average molecular weight is 319 g/mol. The number of benzene rings is 1. The number of nitrogens with two attached hydrogens (primary N) is 1. The minimum Gasteiger partial charge on any atom is -0.353 e. The van der Waals surface area contributed by atoms with Gasteiger partial charge in [0.1, 0.15) is 12.0 Å². The summed E-state index contributed by atoms with van der Waals surface area (Å²) in [5, 5.41) is 1.02. The zero-order valence-electron chi connectivity index (χ0n) is 12.3. The van der Waals surface area contributed by atoms with Gasteiger partial charge in [-0.05, 0) is 23.8 Å². The largest absolute Gasteiger partial charge is 0.353 e. The highest BCUT2D eigenvalue weighted by molar-refractivity contribution is 7.87. The SMILES string of the molecule is CN(C)S(=O)(=O)n1cnc(-c2cc3cc(CN)ccc3[nH]2)c1. The molecule has 2 aromatic heterocycles. The molecule has 0 aliphatic heterocycles. The molecule has 0 aliphatic rings. The van der Waals surface area contributed by atoms with E-state index in [0.29, 0.717) is 12.2 Å². The van der Waals surface area contributed by atoms with Gasteiger partial charge in [-0.15, -0.1) is 0 Å². The van der Waals surface area contributed by atoms with Gasteiger partial charge in [0.2, 0.25) is 0 Å². The number of rotatable bonds is 4. The van der Waals surface area contributed by atoms with Crippen molar-refractivity contribution in [3.05, 3.63) is 42.4 Å². The number of hydrogen-bond acceptors (Lipinski definition) is 4. The van der Waals surface area contributed by atoms with E-state index in [9.17, 15) is 8.42 Å². The molecule has 0 bridgehead atoms. The van der Waals surface area contributed by atoms with E-state index in [4.69, 9.17) is 5.73 Å². The Morgan fingerprint density at radius 1 is 1.32 bits per heavy atom. The Kier molecular flexibility index (Phi) is 3.51. The molecule has 116 valence electrons. The van der Waals surface area contributed by atoms with Gasteiger partial charge >= 0.3 is 10.2 Å². The summed E-state index contributed by atoms with van der Waals surface area (Å²) in [6.07, 6.45) is 2.78. The highest BCUT2D eigenvalue weighted by Crippen LogP contribution is 2.24. The van der Waals surface area contributed by atoms with Gasteiger partial charge in [-0.3, -0.25) is 0 Å². The minimum absolute atomic E-state index is 0.478. The molecule has 0 aliphatic carbocycles. The van der Waals surface area contributed by atoms with Crippen LogP contribution in [0.2, 0.25) is 0 Å². The Labute approximate surface area is 128 Å². The molecular weight excluding hydrogens is 302 g/mol. The van der Waals surface area contributed by atoms with Crippen LogP contribution in [-0.4, -0.2) is 40.8 Å². The van der Waals surface area contributed by atoms with Gasteiger partial charge in [0.25, 0.3) is 0 Å². The number of aromatic amines is 1. The van der Waals surface area contributed by atoms with E-state index < -0.39 is 10.2 Å². The molecule has 0 spiro atoms. The Balaban J connectivity index is 2.03. The Hall–Kier alpha value is -2.16. The maximum absolute atomic E-state index is 12.1. The van der Waals surface area contributed by atoms with Gasteiger partial charge in [0, 0.05) is 31.5 Å². The van der Waals surface area contributed by atoms with E-state index in [1.54, 1.807) is 0 Å². The molecule has 1 aromatic carbocycles. The summed E-state index contributed by atoms with van der Waals surface area (Å²) < 4.78 is 26.3. The van der Waals surface area contributed by atoms with Gasteiger partial charge < -0.3 is 10.7 Å². The summed E-state index contributed by atoms with van der Waals surface area (Å²) in [6.45, 7) is 0.478. The Bertz CT molecular complexity index is 924. The maximum atomic E-state index is 12.1. The van der Waals surface area contributed by atoms with E-state index in [2.05, 4.69) is 9.97 Å².